The molecule has 3 N–H and O–H groups in total. The quantitative estimate of drug-likeness (QED) is 0.809. The Morgan fingerprint density at radius 1 is 1.26 bits per heavy atom. The first kappa shape index (κ1) is 13.4. The zero-order chi connectivity index (χ0) is 13.7. The summed E-state index contributed by atoms with van der Waals surface area (Å²) in [7, 11) is 0. The second-order valence-corrected chi connectivity index (χ2v) is 4.30. The van der Waals surface area contributed by atoms with Crippen molar-refractivity contribution < 1.29 is 9.84 Å². The second kappa shape index (κ2) is 6.20. The molecule has 1 unspecified atom stereocenters. The maximum absolute atomic E-state index is 10.4. The Bertz CT molecular complexity index is 526. The molecule has 1 heterocycles. The molecular weight excluding hydrogens is 240 g/mol. The molecule has 0 aliphatic carbocycles. The topological polar surface area (TPSA) is 68.4 Å². The molecule has 0 aliphatic heterocycles. The van der Waals surface area contributed by atoms with Crippen LogP contribution in [-0.2, 0) is 0 Å². The summed E-state index contributed by atoms with van der Waals surface area (Å²) < 4.78 is 5.61. The molecule has 100 valence electrons. The molecule has 0 bridgehead atoms. The Labute approximate surface area is 112 Å². The van der Waals surface area contributed by atoms with Crippen molar-refractivity contribution in [3.63, 3.8) is 0 Å². The molecule has 1 atom stereocenters. The number of hydrogen-bond donors (Lipinski definition) is 2. The normalized spacial score (nSPS) is 12.1. The first-order chi connectivity index (χ1) is 9.22. The highest BCUT2D eigenvalue weighted by atomic mass is 16.5. The van der Waals surface area contributed by atoms with Crippen molar-refractivity contribution in [2.24, 2.45) is 0 Å². The van der Waals surface area contributed by atoms with Gasteiger partial charge in [-0.2, -0.15) is 0 Å². The Morgan fingerprint density at radius 2 is 2.00 bits per heavy atom. The van der Waals surface area contributed by atoms with Gasteiger partial charge < -0.3 is 15.6 Å². The minimum atomic E-state index is -0.811. The molecular formula is C15H18N2O2. The molecule has 0 fully saturated rings. The van der Waals surface area contributed by atoms with Gasteiger partial charge in [0.15, 0.2) is 0 Å². The van der Waals surface area contributed by atoms with Gasteiger partial charge in [-0.3, -0.25) is 4.98 Å². The van der Waals surface area contributed by atoms with Gasteiger partial charge in [0.1, 0.15) is 17.5 Å². The number of nitrogens with two attached hydrogens (primary N) is 1. The van der Waals surface area contributed by atoms with Crippen molar-refractivity contribution in [3.05, 3.63) is 53.9 Å². The summed E-state index contributed by atoms with van der Waals surface area (Å²) in [5, 5.41) is 10.4. The summed E-state index contributed by atoms with van der Waals surface area (Å²) >= 11 is 0. The predicted octanol–water partition coefficient (Wildman–Crippen LogP) is 2.53. The number of nitrogen functional groups attached to an aromatic ring is 1. The van der Waals surface area contributed by atoms with Crippen LogP contribution in [0.4, 0.5) is 5.69 Å². The first-order valence-corrected chi connectivity index (χ1v) is 6.33. The van der Waals surface area contributed by atoms with Gasteiger partial charge in [0.05, 0.1) is 6.61 Å². The van der Waals surface area contributed by atoms with Crippen LogP contribution < -0.4 is 10.5 Å². The average molecular weight is 258 g/mol. The van der Waals surface area contributed by atoms with Crippen molar-refractivity contribution in [2.75, 3.05) is 12.3 Å². The number of hydrogen-bond acceptors (Lipinski definition) is 4. The summed E-state index contributed by atoms with van der Waals surface area (Å²) in [5.74, 6) is 0.619. The van der Waals surface area contributed by atoms with Gasteiger partial charge in [-0.25, -0.2) is 0 Å². The minimum absolute atomic E-state index is 0.528. The van der Waals surface area contributed by atoms with Crippen LogP contribution in [0.15, 0.2) is 42.6 Å². The fraction of sp³-hybridized carbons (Fsp3) is 0.267. The zero-order valence-electron chi connectivity index (χ0n) is 10.9. The van der Waals surface area contributed by atoms with Crippen molar-refractivity contribution in [1.29, 1.82) is 0 Å². The molecule has 0 saturated carbocycles. The Kier molecular flexibility index (Phi) is 4.36. The van der Waals surface area contributed by atoms with Crippen LogP contribution in [0.25, 0.3) is 0 Å². The zero-order valence-corrected chi connectivity index (χ0v) is 10.9. The van der Waals surface area contributed by atoms with E-state index in [1.54, 1.807) is 36.5 Å². The van der Waals surface area contributed by atoms with Crippen LogP contribution in [-0.4, -0.2) is 16.7 Å². The van der Waals surface area contributed by atoms with Gasteiger partial charge in [0, 0.05) is 11.9 Å². The highest BCUT2D eigenvalue weighted by Crippen LogP contribution is 2.28. The molecule has 4 nitrogen and oxygen atoms in total. The Balaban J connectivity index is 2.27. The highest BCUT2D eigenvalue weighted by Gasteiger charge is 2.16. The summed E-state index contributed by atoms with van der Waals surface area (Å²) in [6, 6.07) is 10.7. The fourth-order valence-corrected chi connectivity index (χ4v) is 1.78. The number of benzene rings is 1. The number of aliphatic hydroxyl groups excluding tert-OH is 1. The molecule has 1 aromatic carbocycles. The van der Waals surface area contributed by atoms with E-state index in [-0.39, 0.29) is 0 Å². The maximum Gasteiger partial charge on any atom is 0.143 e. The second-order valence-electron chi connectivity index (χ2n) is 4.30. The van der Waals surface area contributed by atoms with Gasteiger partial charge in [0.25, 0.3) is 0 Å². The van der Waals surface area contributed by atoms with Crippen LogP contribution in [0.3, 0.4) is 0 Å². The van der Waals surface area contributed by atoms with E-state index in [2.05, 4.69) is 4.98 Å². The smallest absolute Gasteiger partial charge is 0.143 e. The van der Waals surface area contributed by atoms with Gasteiger partial charge in [-0.1, -0.05) is 19.1 Å². The Morgan fingerprint density at radius 3 is 2.68 bits per heavy atom. The summed E-state index contributed by atoms with van der Waals surface area (Å²) in [6.45, 7) is 2.64. The van der Waals surface area contributed by atoms with E-state index >= 15 is 0 Å². The third-order valence-corrected chi connectivity index (χ3v) is 2.77. The SMILES string of the molecule is CCCOc1cccnc1C(O)c1ccc(N)cc1. The Hall–Kier alpha value is -2.07. The molecule has 4 heteroatoms. The maximum atomic E-state index is 10.4. The summed E-state index contributed by atoms with van der Waals surface area (Å²) in [6.07, 6.45) is 1.75. The molecule has 0 amide bonds. The van der Waals surface area contributed by atoms with Crippen molar-refractivity contribution >= 4 is 5.69 Å². The highest BCUT2D eigenvalue weighted by molar-refractivity contribution is 5.42. The van der Waals surface area contributed by atoms with E-state index in [0.29, 0.717) is 23.7 Å². The largest absolute Gasteiger partial charge is 0.492 e. The van der Waals surface area contributed by atoms with Crippen molar-refractivity contribution in [1.82, 2.24) is 4.98 Å². The third kappa shape index (κ3) is 3.23. The molecule has 0 radical (unpaired) electrons. The van der Waals surface area contributed by atoms with Crippen LogP contribution in [0.2, 0.25) is 0 Å². The molecule has 0 spiro atoms. The lowest BCUT2D eigenvalue weighted by Gasteiger charge is -2.15. The molecule has 0 aliphatic rings. The third-order valence-electron chi connectivity index (χ3n) is 2.77. The number of anilines is 1. The monoisotopic (exact) mass is 258 g/mol. The average Bonchev–Trinajstić information content (AvgIpc) is 2.45. The lowest BCUT2D eigenvalue weighted by Crippen LogP contribution is -2.07. The minimum Gasteiger partial charge on any atom is -0.492 e. The van der Waals surface area contributed by atoms with Crippen LogP contribution in [0, 0.1) is 0 Å². The van der Waals surface area contributed by atoms with E-state index in [4.69, 9.17) is 10.5 Å². The fourth-order valence-electron chi connectivity index (χ4n) is 1.78. The van der Waals surface area contributed by atoms with Crippen molar-refractivity contribution in [2.45, 2.75) is 19.4 Å². The number of nitrogens with zero attached hydrogens (tertiary/aromatic N) is 1. The van der Waals surface area contributed by atoms with Gasteiger partial charge in [-0.05, 0) is 36.2 Å². The van der Waals surface area contributed by atoms with Gasteiger partial charge in [0.2, 0.25) is 0 Å². The molecule has 1 aromatic heterocycles. The van der Waals surface area contributed by atoms with Crippen molar-refractivity contribution in [3.8, 4) is 5.75 Å². The lowest BCUT2D eigenvalue weighted by molar-refractivity contribution is 0.205. The number of rotatable bonds is 5. The molecule has 0 saturated heterocycles. The number of aliphatic hydroxyl groups is 1. The van der Waals surface area contributed by atoms with Gasteiger partial charge in [-0.15, -0.1) is 0 Å². The standard InChI is InChI=1S/C15H18N2O2/c1-2-10-19-13-4-3-9-17-14(13)15(18)11-5-7-12(16)8-6-11/h3-9,15,18H,2,10,16H2,1H3. The van der Waals surface area contributed by atoms with E-state index in [0.717, 1.165) is 12.0 Å². The number of pyridine rings is 1. The number of ether oxygens (including phenoxy) is 1. The van der Waals surface area contributed by atoms with E-state index < -0.39 is 6.10 Å². The predicted molar refractivity (Wildman–Crippen MR) is 74.9 cm³/mol. The van der Waals surface area contributed by atoms with Crippen LogP contribution >= 0.6 is 0 Å². The number of aromatic nitrogens is 1. The molecule has 2 aromatic rings. The van der Waals surface area contributed by atoms with E-state index in [1.807, 2.05) is 13.0 Å². The van der Waals surface area contributed by atoms with Gasteiger partial charge >= 0.3 is 0 Å². The van der Waals surface area contributed by atoms with Crippen LogP contribution in [0.1, 0.15) is 30.7 Å². The van der Waals surface area contributed by atoms with E-state index in [9.17, 15) is 5.11 Å². The summed E-state index contributed by atoms with van der Waals surface area (Å²) in [5.41, 5.74) is 7.58. The van der Waals surface area contributed by atoms with E-state index in [1.165, 1.54) is 0 Å². The molecule has 2 rings (SSSR count). The lowest BCUT2D eigenvalue weighted by atomic mass is 10.1. The van der Waals surface area contributed by atoms with Crippen LogP contribution in [0.5, 0.6) is 5.75 Å². The molecule has 19 heavy (non-hydrogen) atoms. The first-order valence-electron chi connectivity index (χ1n) is 6.33. The summed E-state index contributed by atoms with van der Waals surface area (Å²) in [4.78, 5) is 4.22.